The van der Waals surface area contributed by atoms with Gasteiger partial charge in [-0.3, -0.25) is 19.1 Å². The zero-order chi connectivity index (χ0) is 16.3. The maximum atomic E-state index is 12.0. The standard InChI is InChI=1S/C14H20N4O4/c1-3-4-8-18-12-11(13(21)16-14(18)22)17(2)9(15-12)6-5-7-10(19)20/h3-8H2,1-2H3,(H,19,20)(H,16,21,22). The lowest BCUT2D eigenvalue weighted by molar-refractivity contribution is -0.137. The van der Waals surface area contributed by atoms with E-state index in [1.807, 2.05) is 6.92 Å². The van der Waals surface area contributed by atoms with Gasteiger partial charge in [0.1, 0.15) is 5.82 Å². The molecule has 2 heterocycles. The Morgan fingerprint density at radius 1 is 1.32 bits per heavy atom. The highest BCUT2D eigenvalue weighted by atomic mass is 16.4. The quantitative estimate of drug-likeness (QED) is 0.779. The van der Waals surface area contributed by atoms with E-state index in [0.29, 0.717) is 36.4 Å². The Morgan fingerprint density at radius 2 is 2.05 bits per heavy atom. The van der Waals surface area contributed by atoms with Gasteiger partial charge in [0.2, 0.25) is 0 Å². The van der Waals surface area contributed by atoms with E-state index < -0.39 is 17.2 Å². The number of aliphatic carboxylic acids is 1. The zero-order valence-corrected chi connectivity index (χ0v) is 12.8. The number of carbonyl (C=O) groups is 1. The van der Waals surface area contributed by atoms with Gasteiger partial charge >= 0.3 is 11.7 Å². The summed E-state index contributed by atoms with van der Waals surface area (Å²) in [5.74, 6) is -0.255. The molecule has 2 rings (SSSR count). The third-order valence-electron chi connectivity index (χ3n) is 3.63. The van der Waals surface area contributed by atoms with Crippen molar-refractivity contribution < 1.29 is 9.90 Å². The number of aryl methyl sites for hydroxylation is 3. The van der Waals surface area contributed by atoms with Crippen LogP contribution in [0.1, 0.15) is 38.4 Å². The largest absolute Gasteiger partial charge is 0.481 e. The molecule has 8 nitrogen and oxygen atoms in total. The summed E-state index contributed by atoms with van der Waals surface area (Å²) in [4.78, 5) is 41.3. The van der Waals surface area contributed by atoms with Crippen molar-refractivity contribution in [2.24, 2.45) is 7.05 Å². The van der Waals surface area contributed by atoms with Gasteiger partial charge in [0.15, 0.2) is 11.2 Å². The average molecular weight is 308 g/mol. The highest BCUT2D eigenvalue weighted by Crippen LogP contribution is 2.12. The molecular weight excluding hydrogens is 288 g/mol. The Labute approximate surface area is 126 Å². The van der Waals surface area contributed by atoms with Gasteiger partial charge in [0, 0.05) is 26.4 Å². The van der Waals surface area contributed by atoms with Gasteiger partial charge in [-0.2, -0.15) is 0 Å². The van der Waals surface area contributed by atoms with Crippen molar-refractivity contribution >= 4 is 17.1 Å². The molecular formula is C14H20N4O4. The van der Waals surface area contributed by atoms with Crippen molar-refractivity contribution in [3.05, 3.63) is 26.7 Å². The highest BCUT2D eigenvalue weighted by molar-refractivity contribution is 5.71. The van der Waals surface area contributed by atoms with E-state index in [0.717, 1.165) is 12.8 Å². The minimum Gasteiger partial charge on any atom is -0.481 e. The summed E-state index contributed by atoms with van der Waals surface area (Å²) >= 11 is 0. The summed E-state index contributed by atoms with van der Waals surface area (Å²) in [6, 6.07) is 0. The second kappa shape index (κ2) is 6.59. The minimum absolute atomic E-state index is 0.0439. The summed E-state index contributed by atoms with van der Waals surface area (Å²) in [6.07, 6.45) is 2.65. The van der Waals surface area contributed by atoms with Gasteiger partial charge in [0.25, 0.3) is 5.56 Å². The Hall–Kier alpha value is -2.38. The number of aromatic amines is 1. The van der Waals surface area contributed by atoms with Gasteiger partial charge in [-0.25, -0.2) is 9.78 Å². The molecule has 8 heteroatoms. The maximum Gasteiger partial charge on any atom is 0.330 e. The number of aromatic nitrogens is 4. The predicted octanol–water partition coefficient (Wildman–Crippen LogP) is 0.631. The lowest BCUT2D eigenvalue weighted by Crippen LogP contribution is -2.31. The number of fused-ring (bicyclic) bond motifs is 1. The molecule has 120 valence electrons. The van der Waals surface area contributed by atoms with Crippen molar-refractivity contribution in [3.8, 4) is 0 Å². The number of carboxylic acid groups (broad SMARTS) is 1. The first-order valence-electron chi connectivity index (χ1n) is 7.36. The summed E-state index contributed by atoms with van der Waals surface area (Å²) in [5.41, 5.74) is -0.204. The van der Waals surface area contributed by atoms with Crippen LogP contribution in [0, 0.1) is 0 Å². The summed E-state index contributed by atoms with van der Waals surface area (Å²) in [6.45, 7) is 2.51. The van der Waals surface area contributed by atoms with Gasteiger partial charge in [-0.05, 0) is 12.8 Å². The van der Waals surface area contributed by atoms with Crippen LogP contribution in [0.15, 0.2) is 9.59 Å². The Balaban J connectivity index is 2.47. The lowest BCUT2D eigenvalue weighted by atomic mass is 10.2. The first-order chi connectivity index (χ1) is 10.5. The Kier molecular flexibility index (Phi) is 4.79. The molecule has 0 amide bonds. The predicted molar refractivity (Wildman–Crippen MR) is 81.1 cm³/mol. The van der Waals surface area contributed by atoms with E-state index >= 15 is 0 Å². The van der Waals surface area contributed by atoms with Crippen molar-refractivity contribution in [3.63, 3.8) is 0 Å². The number of nitrogens with one attached hydrogen (secondary N) is 1. The molecule has 2 N–H and O–H groups in total. The number of nitrogens with zero attached hydrogens (tertiary/aromatic N) is 3. The summed E-state index contributed by atoms with van der Waals surface area (Å²) < 4.78 is 3.11. The van der Waals surface area contributed by atoms with E-state index in [2.05, 4.69) is 9.97 Å². The van der Waals surface area contributed by atoms with E-state index in [-0.39, 0.29) is 6.42 Å². The van der Waals surface area contributed by atoms with Crippen LogP contribution in [-0.4, -0.2) is 30.2 Å². The van der Waals surface area contributed by atoms with E-state index in [1.54, 1.807) is 11.6 Å². The van der Waals surface area contributed by atoms with Crippen LogP contribution in [0.4, 0.5) is 0 Å². The van der Waals surface area contributed by atoms with Crippen molar-refractivity contribution in [2.45, 2.75) is 45.6 Å². The van der Waals surface area contributed by atoms with Gasteiger partial charge in [0.05, 0.1) is 0 Å². The van der Waals surface area contributed by atoms with Gasteiger partial charge < -0.3 is 9.67 Å². The second-order valence-electron chi connectivity index (χ2n) is 5.27. The molecule has 0 aromatic carbocycles. The van der Waals surface area contributed by atoms with Gasteiger partial charge in [-0.1, -0.05) is 13.3 Å². The number of hydrogen-bond acceptors (Lipinski definition) is 4. The van der Waals surface area contributed by atoms with Crippen LogP contribution in [0.3, 0.4) is 0 Å². The Morgan fingerprint density at radius 3 is 2.68 bits per heavy atom. The van der Waals surface area contributed by atoms with Crippen LogP contribution in [0.5, 0.6) is 0 Å². The summed E-state index contributed by atoms with van der Waals surface area (Å²) in [5, 5.41) is 8.69. The number of hydrogen-bond donors (Lipinski definition) is 2. The molecule has 0 fully saturated rings. The Bertz CT molecular complexity index is 800. The zero-order valence-electron chi connectivity index (χ0n) is 12.8. The van der Waals surface area contributed by atoms with Crippen LogP contribution in [-0.2, 0) is 24.8 Å². The maximum absolute atomic E-state index is 12.0. The molecule has 0 unspecified atom stereocenters. The molecule has 0 atom stereocenters. The number of carboxylic acids is 1. The molecule has 0 saturated carbocycles. The average Bonchev–Trinajstić information content (AvgIpc) is 2.76. The smallest absolute Gasteiger partial charge is 0.330 e. The normalized spacial score (nSPS) is 11.2. The van der Waals surface area contributed by atoms with Crippen LogP contribution >= 0.6 is 0 Å². The molecule has 2 aromatic rings. The van der Waals surface area contributed by atoms with Gasteiger partial charge in [-0.15, -0.1) is 0 Å². The number of H-pyrrole nitrogens is 1. The molecule has 0 saturated heterocycles. The second-order valence-corrected chi connectivity index (χ2v) is 5.27. The first kappa shape index (κ1) is 16.0. The molecule has 0 spiro atoms. The van der Waals surface area contributed by atoms with Crippen molar-refractivity contribution in [1.29, 1.82) is 0 Å². The lowest BCUT2D eigenvalue weighted by Gasteiger charge is -2.04. The fourth-order valence-electron chi connectivity index (χ4n) is 2.44. The van der Waals surface area contributed by atoms with E-state index in [4.69, 9.17) is 5.11 Å². The van der Waals surface area contributed by atoms with Crippen molar-refractivity contribution in [1.82, 2.24) is 19.1 Å². The number of rotatable bonds is 7. The third kappa shape index (κ3) is 3.10. The van der Waals surface area contributed by atoms with Crippen LogP contribution in [0.25, 0.3) is 11.2 Å². The van der Waals surface area contributed by atoms with Crippen LogP contribution in [0.2, 0.25) is 0 Å². The number of unbranched alkanes of at least 4 members (excludes halogenated alkanes) is 1. The monoisotopic (exact) mass is 308 g/mol. The first-order valence-corrected chi connectivity index (χ1v) is 7.36. The van der Waals surface area contributed by atoms with Crippen LogP contribution < -0.4 is 11.2 Å². The van der Waals surface area contributed by atoms with Crippen molar-refractivity contribution in [2.75, 3.05) is 0 Å². The molecule has 2 aromatic heterocycles. The molecule has 0 aliphatic heterocycles. The molecule has 0 radical (unpaired) electrons. The SMILES string of the molecule is CCCCn1c(=O)[nH]c(=O)c2c1nc(CCCC(=O)O)n2C. The minimum atomic E-state index is -0.864. The fourth-order valence-corrected chi connectivity index (χ4v) is 2.44. The molecule has 0 aliphatic carbocycles. The number of imidazole rings is 1. The highest BCUT2D eigenvalue weighted by Gasteiger charge is 2.16. The molecule has 0 bridgehead atoms. The van der Waals surface area contributed by atoms with E-state index in [9.17, 15) is 14.4 Å². The summed E-state index contributed by atoms with van der Waals surface area (Å²) in [7, 11) is 1.70. The fraction of sp³-hybridized carbons (Fsp3) is 0.571. The molecule has 0 aliphatic rings. The van der Waals surface area contributed by atoms with E-state index in [1.165, 1.54) is 4.57 Å². The molecule has 22 heavy (non-hydrogen) atoms. The third-order valence-corrected chi connectivity index (χ3v) is 3.63. The topological polar surface area (TPSA) is 110 Å².